The van der Waals surface area contributed by atoms with Crippen LogP contribution in [0.15, 0.2) is 24.3 Å². The second kappa shape index (κ2) is 5.73. The Morgan fingerprint density at radius 3 is 2.60 bits per heavy atom. The molecule has 0 saturated heterocycles. The van der Waals surface area contributed by atoms with E-state index < -0.39 is 0 Å². The monoisotopic (exact) mass is 207 g/mol. The normalized spacial score (nSPS) is 12.9. The first kappa shape index (κ1) is 12.0. The Balaban J connectivity index is 2.76. The molecule has 3 heteroatoms. The molecule has 1 rings (SSSR count). The van der Waals surface area contributed by atoms with E-state index >= 15 is 0 Å². The zero-order chi connectivity index (χ0) is 11.3. The van der Waals surface area contributed by atoms with Crippen molar-refractivity contribution in [3.8, 4) is 0 Å². The van der Waals surface area contributed by atoms with E-state index in [1.165, 1.54) is 11.3 Å². The molecule has 0 radical (unpaired) electrons. The summed E-state index contributed by atoms with van der Waals surface area (Å²) < 4.78 is 0. The number of hydrogen-bond acceptors (Lipinski definition) is 3. The van der Waals surface area contributed by atoms with Gasteiger partial charge in [0, 0.05) is 24.8 Å². The van der Waals surface area contributed by atoms with Crippen LogP contribution in [-0.2, 0) is 6.54 Å². The second-order valence-corrected chi connectivity index (χ2v) is 4.18. The van der Waals surface area contributed by atoms with E-state index in [-0.39, 0.29) is 0 Å². The van der Waals surface area contributed by atoms with Gasteiger partial charge in [0.1, 0.15) is 0 Å². The first-order valence-electron chi connectivity index (χ1n) is 5.32. The summed E-state index contributed by atoms with van der Waals surface area (Å²) in [6.07, 6.45) is 0. The minimum atomic E-state index is 0.313. The van der Waals surface area contributed by atoms with Gasteiger partial charge in [-0.05, 0) is 32.6 Å². The fourth-order valence-corrected chi connectivity index (χ4v) is 1.46. The topological polar surface area (TPSA) is 41.3 Å². The van der Waals surface area contributed by atoms with Crippen LogP contribution >= 0.6 is 0 Å². The van der Waals surface area contributed by atoms with Gasteiger partial charge in [-0.1, -0.05) is 18.2 Å². The van der Waals surface area contributed by atoms with Gasteiger partial charge >= 0.3 is 0 Å². The smallest absolute Gasteiger partial charge is 0.0388 e. The molecular formula is C12H21N3. The minimum Gasteiger partial charge on any atom is -0.381 e. The standard InChI is InChI=1S/C12H21N3/c1-10(8-13)14-12-7-5-4-6-11(12)9-15(2)3/h4-7,10,14H,8-9,13H2,1-3H3. The lowest BCUT2D eigenvalue weighted by Crippen LogP contribution is -2.26. The third-order valence-corrected chi connectivity index (χ3v) is 2.26. The average molecular weight is 207 g/mol. The highest BCUT2D eigenvalue weighted by molar-refractivity contribution is 5.51. The van der Waals surface area contributed by atoms with Crippen molar-refractivity contribution < 1.29 is 0 Å². The molecule has 0 bridgehead atoms. The highest BCUT2D eigenvalue weighted by Crippen LogP contribution is 2.16. The van der Waals surface area contributed by atoms with Crippen molar-refractivity contribution in [2.24, 2.45) is 5.73 Å². The van der Waals surface area contributed by atoms with Gasteiger partial charge in [0.05, 0.1) is 0 Å². The Morgan fingerprint density at radius 1 is 1.33 bits per heavy atom. The van der Waals surface area contributed by atoms with Crippen LogP contribution in [0.2, 0.25) is 0 Å². The highest BCUT2D eigenvalue weighted by Gasteiger charge is 2.04. The van der Waals surface area contributed by atoms with E-state index in [0.29, 0.717) is 12.6 Å². The largest absolute Gasteiger partial charge is 0.381 e. The summed E-state index contributed by atoms with van der Waals surface area (Å²) in [5.74, 6) is 0. The van der Waals surface area contributed by atoms with Gasteiger partial charge in [-0.15, -0.1) is 0 Å². The van der Waals surface area contributed by atoms with Gasteiger partial charge in [0.15, 0.2) is 0 Å². The van der Waals surface area contributed by atoms with Crippen molar-refractivity contribution in [3.05, 3.63) is 29.8 Å². The quantitative estimate of drug-likeness (QED) is 0.769. The summed E-state index contributed by atoms with van der Waals surface area (Å²) in [5, 5.41) is 3.41. The van der Waals surface area contributed by atoms with Gasteiger partial charge in [0.25, 0.3) is 0 Å². The molecule has 0 spiro atoms. The second-order valence-electron chi connectivity index (χ2n) is 4.18. The lowest BCUT2D eigenvalue weighted by molar-refractivity contribution is 0.403. The Hall–Kier alpha value is -1.06. The number of anilines is 1. The van der Waals surface area contributed by atoms with Crippen LogP contribution in [0.25, 0.3) is 0 Å². The van der Waals surface area contributed by atoms with E-state index in [2.05, 4.69) is 49.4 Å². The molecule has 0 aliphatic carbocycles. The Kier molecular flexibility index (Phi) is 4.59. The molecule has 84 valence electrons. The summed E-state index contributed by atoms with van der Waals surface area (Å²) in [6.45, 7) is 3.68. The van der Waals surface area contributed by atoms with Crippen LogP contribution in [0.5, 0.6) is 0 Å². The summed E-state index contributed by atoms with van der Waals surface area (Å²) in [4.78, 5) is 2.16. The Bertz CT molecular complexity index is 297. The molecule has 0 aliphatic rings. The third-order valence-electron chi connectivity index (χ3n) is 2.26. The van der Waals surface area contributed by atoms with Crippen LogP contribution in [-0.4, -0.2) is 31.6 Å². The van der Waals surface area contributed by atoms with E-state index in [9.17, 15) is 0 Å². The number of para-hydroxylation sites is 1. The van der Waals surface area contributed by atoms with Crippen molar-refractivity contribution in [3.63, 3.8) is 0 Å². The predicted octanol–water partition coefficient (Wildman–Crippen LogP) is 1.51. The van der Waals surface area contributed by atoms with Gasteiger partial charge in [0.2, 0.25) is 0 Å². The van der Waals surface area contributed by atoms with Crippen LogP contribution in [0.1, 0.15) is 12.5 Å². The molecule has 1 aromatic rings. The Morgan fingerprint density at radius 2 is 2.00 bits per heavy atom. The maximum absolute atomic E-state index is 5.60. The van der Waals surface area contributed by atoms with Crippen LogP contribution in [0.3, 0.4) is 0 Å². The van der Waals surface area contributed by atoms with E-state index in [4.69, 9.17) is 5.73 Å². The van der Waals surface area contributed by atoms with Crippen LogP contribution in [0.4, 0.5) is 5.69 Å². The third kappa shape index (κ3) is 3.90. The van der Waals surface area contributed by atoms with Gasteiger partial charge in [-0.3, -0.25) is 0 Å². The molecule has 15 heavy (non-hydrogen) atoms. The molecule has 1 unspecified atom stereocenters. The maximum Gasteiger partial charge on any atom is 0.0388 e. The maximum atomic E-state index is 5.60. The number of nitrogens with one attached hydrogen (secondary N) is 1. The van der Waals surface area contributed by atoms with Crippen molar-refractivity contribution >= 4 is 5.69 Å². The number of nitrogens with zero attached hydrogens (tertiary/aromatic N) is 1. The molecule has 0 aromatic heterocycles. The molecule has 0 aliphatic heterocycles. The van der Waals surface area contributed by atoms with E-state index in [1.54, 1.807) is 0 Å². The number of hydrogen-bond donors (Lipinski definition) is 2. The first-order valence-corrected chi connectivity index (χ1v) is 5.32. The average Bonchev–Trinajstić information content (AvgIpc) is 2.20. The van der Waals surface area contributed by atoms with Gasteiger partial charge < -0.3 is 16.0 Å². The number of rotatable bonds is 5. The molecule has 3 N–H and O–H groups in total. The molecular weight excluding hydrogens is 186 g/mol. The zero-order valence-corrected chi connectivity index (χ0v) is 9.83. The van der Waals surface area contributed by atoms with E-state index in [1.807, 2.05) is 6.07 Å². The summed E-state index contributed by atoms with van der Waals surface area (Å²) >= 11 is 0. The lowest BCUT2D eigenvalue weighted by Gasteiger charge is -2.18. The molecule has 0 fully saturated rings. The Labute approximate surface area is 92.3 Å². The summed E-state index contributed by atoms with van der Waals surface area (Å²) in [6, 6.07) is 8.67. The van der Waals surface area contributed by atoms with Crippen molar-refractivity contribution in [1.29, 1.82) is 0 Å². The number of nitrogens with two attached hydrogens (primary N) is 1. The van der Waals surface area contributed by atoms with E-state index in [0.717, 1.165) is 6.54 Å². The van der Waals surface area contributed by atoms with Crippen molar-refractivity contribution in [2.45, 2.75) is 19.5 Å². The SMILES string of the molecule is CC(CN)Nc1ccccc1CN(C)C. The fourth-order valence-electron chi connectivity index (χ4n) is 1.46. The fraction of sp³-hybridized carbons (Fsp3) is 0.500. The van der Waals surface area contributed by atoms with Crippen LogP contribution < -0.4 is 11.1 Å². The molecule has 1 aromatic carbocycles. The summed E-state index contributed by atoms with van der Waals surface area (Å²) in [7, 11) is 4.15. The zero-order valence-electron chi connectivity index (χ0n) is 9.83. The van der Waals surface area contributed by atoms with Crippen molar-refractivity contribution in [1.82, 2.24) is 4.90 Å². The molecule has 0 saturated carbocycles. The molecule has 3 nitrogen and oxygen atoms in total. The molecule has 0 amide bonds. The minimum absolute atomic E-state index is 0.313. The van der Waals surface area contributed by atoms with Gasteiger partial charge in [-0.25, -0.2) is 0 Å². The van der Waals surface area contributed by atoms with Gasteiger partial charge in [-0.2, -0.15) is 0 Å². The lowest BCUT2D eigenvalue weighted by atomic mass is 10.1. The van der Waals surface area contributed by atoms with Crippen molar-refractivity contribution in [2.75, 3.05) is 26.0 Å². The molecule has 1 atom stereocenters. The number of benzene rings is 1. The highest BCUT2D eigenvalue weighted by atomic mass is 15.1. The molecule has 0 heterocycles. The first-order chi connectivity index (χ1) is 7.13. The van der Waals surface area contributed by atoms with Crippen LogP contribution in [0, 0.1) is 0 Å². The summed E-state index contributed by atoms with van der Waals surface area (Å²) in [5.41, 5.74) is 8.09. The predicted molar refractivity (Wildman–Crippen MR) is 66.0 cm³/mol.